The molecule has 0 bridgehead atoms. The summed E-state index contributed by atoms with van der Waals surface area (Å²) in [5, 5.41) is 2.78. The molecular weight excluding hydrogens is 279 g/mol. The van der Waals surface area contributed by atoms with Gasteiger partial charge in [0.1, 0.15) is 12.4 Å². The van der Waals surface area contributed by atoms with E-state index in [0.29, 0.717) is 11.3 Å². The number of nitrogens with one attached hydrogen (secondary N) is 2. The lowest BCUT2D eigenvalue weighted by atomic mass is 10.1. The fourth-order valence-electron chi connectivity index (χ4n) is 2.22. The molecule has 1 amide bonds. The predicted octanol–water partition coefficient (Wildman–Crippen LogP) is 2.18. The highest BCUT2D eigenvalue weighted by Crippen LogP contribution is 2.13. The second-order valence-electron chi connectivity index (χ2n) is 5.68. The van der Waals surface area contributed by atoms with Gasteiger partial charge in [-0.3, -0.25) is 4.79 Å². The average molecular weight is 301 g/mol. The molecule has 116 valence electrons. The predicted molar refractivity (Wildman–Crippen MR) is 86.3 cm³/mol. The van der Waals surface area contributed by atoms with Gasteiger partial charge in [0, 0.05) is 11.3 Å². The molecular formula is C18H22FN2O+. The van der Waals surface area contributed by atoms with E-state index in [4.69, 9.17) is 0 Å². The molecule has 1 unspecified atom stereocenters. The quantitative estimate of drug-likeness (QED) is 0.872. The SMILES string of the molecule is Cc1ccc(NC(=O)[C@@H](C)[NH+](C)Cc2ccccc2)cc1F. The third-order valence-corrected chi connectivity index (χ3v) is 3.90. The summed E-state index contributed by atoms with van der Waals surface area (Å²) < 4.78 is 13.5. The number of aryl methyl sites for hydroxylation is 1. The normalized spacial score (nSPS) is 13.5. The molecule has 22 heavy (non-hydrogen) atoms. The molecule has 0 fully saturated rings. The van der Waals surface area contributed by atoms with Crippen molar-refractivity contribution < 1.29 is 14.1 Å². The minimum Gasteiger partial charge on any atom is -0.324 e. The van der Waals surface area contributed by atoms with Crippen LogP contribution in [0.25, 0.3) is 0 Å². The largest absolute Gasteiger partial charge is 0.324 e. The van der Waals surface area contributed by atoms with Crippen molar-refractivity contribution in [3.05, 3.63) is 65.5 Å². The number of amides is 1. The van der Waals surface area contributed by atoms with Crippen LogP contribution in [-0.2, 0) is 11.3 Å². The first-order valence-corrected chi connectivity index (χ1v) is 7.40. The van der Waals surface area contributed by atoms with Crippen molar-refractivity contribution >= 4 is 11.6 Å². The monoisotopic (exact) mass is 301 g/mol. The zero-order chi connectivity index (χ0) is 16.1. The average Bonchev–Trinajstić information content (AvgIpc) is 2.51. The molecule has 2 aromatic carbocycles. The van der Waals surface area contributed by atoms with E-state index in [1.807, 2.05) is 44.3 Å². The zero-order valence-electron chi connectivity index (χ0n) is 13.2. The summed E-state index contributed by atoms with van der Waals surface area (Å²) in [4.78, 5) is 13.4. The van der Waals surface area contributed by atoms with Crippen LogP contribution >= 0.6 is 0 Å². The van der Waals surface area contributed by atoms with Crippen LogP contribution in [0.4, 0.5) is 10.1 Å². The maximum Gasteiger partial charge on any atom is 0.282 e. The van der Waals surface area contributed by atoms with Crippen LogP contribution < -0.4 is 10.2 Å². The van der Waals surface area contributed by atoms with Gasteiger partial charge in [-0.25, -0.2) is 4.39 Å². The molecule has 2 rings (SSSR count). The van der Waals surface area contributed by atoms with E-state index in [9.17, 15) is 9.18 Å². The molecule has 0 aliphatic carbocycles. The number of hydrogen-bond acceptors (Lipinski definition) is 1. The first-order valence-electron chi connectivity index (χ1n) is 7.40. The van der Waals surface area contributed by atoms with Crippen molar-refractivity contribution in [2.75, 3.05) is 12.4 Å². The van der Waals surface area contributed by atoms with Crippen molar-refractivity contribution in [1.82, 2.24) is 0 Å². The standard InChI is InChI=1S/C18H21FN2O/c1-13-9-10-16(11-17(13)19)20-18(22)14(2)21(3)12-15-7-5-4-6-8-15/h4-11,14H,12H2,1-3H3,(H,20,22)/p+1/t14-/m1/s1. The van der Waals surface area contributed by atoms with E-state index in [1.54, 1.807) is 19.1 Å². The number of anilines is 1. The van der Waals surface area contributed by atoms with Crippen LogP contribution in [0.2, 0.25) is 0 Å². The number of halogens is 1. The first-order chi connectivity index (χ1) is 10.5. The van der Waals surface area contributed by atoms with Crippen LogP contribution in [0, 0.1) is 12.7 Å². The van der Waals surface area contributed by atoms with Gasteiger partial charge in [-0.15, -0.1) is 0 Å². The van der Waals surface area contributed by atoms with E-state index in [1.165, 1.54) is 11.6 Å². The lowest BCUT2D eigenvalue weighted by Gasteiger charge is -2.21. The van der Waals surface area contributed by atoms with Gasteiger partial charge in [0.15, 0.2) is 6.04 Å². The molecule has 2 N–H and O–H groups in total. The molecule has 0 saturated carbocycles. The fourth-order valence-corrected chi connectivity index (χ4v) is 2.22. The third kappa shape index (κ3) is 4.15. The summed E-state index contributed by atoms with van der Waals surface area (Å²) in [7, 11) is 1.98. The lowest BCUT2D eigenvalue weighted by molar-refractivity contribution is -0.907. The Balaban J connectivity index is 1.97. The summed E-state index contributed by atoms with van der Waals surface area (Å²) in [5.41, 5.74) is 2.24. The topological polar surface area (TPSA) is 33.5 Å². The van der Waals surface area contributed by atoms with E-state index in [-0.39, 0.29) is 17.8 Å². The summed E-state index contributed by atoms with van der Waals surface area (Å²) in [6, 6.07) is 14.5. The van der Waals surface area contributed by atoms with E-state index in [0.717, 1.165) is 11.4 Å². The second kappa shape index (κ2) is 7.18. The molecule has 0 aliphatic rings. The Morgan fingerprint density at radius 3 is 2.55 bits per heavy atom. The van der Waals surface area contributed by atoms with Gasteiger partial charge in [0.05, 0.1) is 7.05 Å². The second-order valence-corrected chi connectivity index (χ2v) is 5.68. The number of rotatable bonds is 5. The Kier molecular flexibility index (Phi) is 5.28. The van der Waals surface area contributed by atoms with Crippen molar-refractivity contribution in [3.8, 4) is 0 Å². The van der Waals surface area contributed by atoms with Gasteiger partial charge < -0.3 is 10.2 Å². The molecule has 0 aromatic heterocycles. The van der Waals surface area contributed by atoms with Crippen molar-refractivity contribution in [3.63, 3.8) is 0 Å². The Morgan fingerprint density at radius 2 is 1.91 bits per heavy atom. The van der Waals surface area contributed by atoms with E-state index < -0.39 is 0 Å². The molecule has 4 heteroatoms. The third-order valence-electron chi connectivity index (χ3n) is 3.90. The highest BCUT2D eigenvalue weighted by atomic mass is 19.1. The molecule has 3 nitrogen and oxygen atoms in total. The van der Waals surface area contributed by atoms with Gasteiger partial charge in [0.2, 0.25) is 0 Å². The number of hydrogen-bond donors (Lipinski definition) is 2. The van der Waals surface area contributed by atoms with Gasteiger partial charge in [-0.1, -0.05) is 36.4 Å². The molecule has 0 heterocycles. The number of likely N-dealkylation sites (N-methyl/N-ethyl adjacent to an activating group) is 1. The highest BCUT2D eigenvalue weighted by Gasteiger charge is 2.22. The van der Waals surface area contributed by atoms with Crippen molar-refractivity contribution in [2.45, 2.75) is 26.4 Å². The van der Waals surface area contributed by atoms with Crippen LogP contribution in [0.1, 0.15) is 18.1 Å². The summed E-state index contributed by atoms with van der Waals surface area (Å²) >= 11 is 0. The van der Waals surface area contributed by atoms with Crippen molar-refractivity contribution in [1.29, 1.82) is 0 Å². The summed E-state index contributed by atoms with van der Waals surface area (Å²) in [6.07, 6.45) is 0. The summed E-state index contributed by atoms with van der Waals surface area (Å²) in [5.74, 6) is -0.424. The highest BCUT2D eigenvalue weighted by molar-refractivity contribution is 5.93. The minimum atomic E-state index is -0.310. The smallest absolute Gasteiger partial charge is 0.282 e. The van der Waals surface area contributed by atoms with Gasteiger partial charge in [-0.2, -0.15) is 0 Å². The Labute approximate surface area is 130 Å². The number of benzene rings is 2. The van der Waals surface area contributed by atoms with Gasteiger partial charge in [0.25, 0.3) is 5.91 Å². The Hall–Kier alpha value is -2.20. The molecule has 2 aromatic rings. The van der Waals surface area contributed by atoms with Crippen LogP contribution in [0.15, 0.2) is 48.5 Å². The van der Waals surface area contributed by atoms with Crippen LogP contribution in [0.5, 0.6) is 0 Å². The number of carbonyl (C=O) groups is 1. The van der Waals surface area contributed by atoms with Crippen LogP contribution in [-0.4, -0.2) is 19.0 Å². The minimum absolute atomic E-state index is 0.114. The van der Waals surface area contributed by atoms with Crippen molar-refractivity contribution in [2.24, 2.45) is 0 Å². The Morgan fingerprint density at radius 1 is 1.23 bits per heavy atom. The zero-order valence-corrected chi connectivity index (χ0v) is 13.2. The Bertz CT molecular complexity index is 643. The maximum absolute atomic E-state index is 13.5. The fraction of sp³-hybridized carbons (Fsp3) is 0.278. The number of carbonyl (C=O) groups excluding carboxylic acids is 1. The summed E-state index contributed by atoms with van der Waals surface area (Å²) in [6.45, 7) is 4.33. The van der Waals surface area contributed by atoms with E-state index in [2.05, 4.69) is 5.32 Å². The lowest BCUT2D eigenvalue weighted by Crippen LogP contribution is -3.12. The first kappa shape index (κ1) is 16.2. The molecule has 0 aliphatic heterocycles. The van der Waals surface area contributed by atoms with Gasteiger partial charge >= 0.3 is 0 Å². The number of quaternary nitrogens is 1. The molecule has 0 spiro atoms. The van der Waals surface area contributed by atoms with Crippen LogP contribution in [0.3, 0.4) is 0 Å². The van der Waals surface area contributed by atoms with Gasteiger partial charge in [-0.05, 0) is 31.5 Å². The molecule has 0 radical (unpaired) electrons. The molecule has 2 atom stereocenters. The maximum atomic E-state index is 13.5. The van der Waals surface area contributed by atoms with E-state index >= 15 is 0 Å². The molecule has 0 saturated heterocycles.